The van der Waals surface area contributed by atoms with E-state index in [9.17, 15) is 25.5 Å². The van der Waals surface area contributed by atoms with Gasteiger partial charge >= 0.3 is 0 Å². The first-order chi connectivity index (χ1) is 6.02. The highest BCUT2D eigenvalue weighted by molar-refractivity contribution is 4.85. The molecule has 0 aliphatic heterocycles. The van der Waals surface area contributed by atoms with Gasteiger partial charge in [-0.15, -0.1) is 0 Å². The van der Waals surface area contributed by atoms with Crippen LogP contribution in [0.25, 0.3) is 0 Å². The van der Waals surface area contributed by atoms with E-state index in [0.717, 1.165) is 0 Å². The van der Waals surface area contributed by atoms with Gasteiger partial charge in [-0.05, 0) is 12.8 Å². The smallest absolute Gasteiger partial charge is 0.108 e. The second-order valence-corrected chi connectivity index (χ2v) is 3.58. The summed E-state index contributed by atoms with van der Waals surface area (Å²) in [6, 6.07) is 0. The van der Waals surface area contributed by atoms with Crippen LogP contribution >= 0.6 is 0 Å². The Morgan fingerprint density at radius 2 is 1.23 bits per heavy atom. The Balaban J connectivity index is 2.62. The minimum absolute atomic E-state index is 0.0327. The summed E-state index contributed by atoms with van der Waals surface area (Å²) in [6.07, 6.45) is -5.13. The van der Waals surface area contributed by atoms with Crippen LogP contribution in [0.5, 0.6) is 0 Å². The van der Waals surface area contributed by atoms with Crippen LogP contribution in [-0.4, -0.2) is 56.1 Å². The molecule has 5 heteroatoms. The van der Waals surface area contributed by atoms with Gasteiger partial charge in [-0.25, -0.2) is 0 Å². The number of aliphatic hydroxyl groups excluding tert-OH is 5. The molecule has 0 radical (unpaired) electrons. The molecule has 0 heterocycles. The van der Waals surface area contributed by atoms with Crippen LogP contribution in [0.15, 0.2) is 0 Å². The van der Waals surface area contributed by atoms with E-state index in [1.807, 2.05) is 0 Å². The Morgan fingerprint density at radius 3 is 1.85 bits per heavy atom. The first-order valence-corrected chi connectivity index (χ1v) is 4.42. The van der Waals surface area contributed by atoms with Crippen molar-refractivity contribution < 1.29 is 25.5 Å². The highest BCUT2D eigenvalue weighted by Crippen LogP contribution is 2.19. The number of hydrogen-bond acceptors (Lipinski definition) is 5. The fourth-order valence-corrected chi connectivity index (χ4v) is 1.53. The first kappa shape index (κ1) is 10.9. The van der Waals surface area contributed by atoms with Crippen LogP contribution in [0, 0.1) is 0 Å². The minimum Gasteiger partial charge on any atom is -0.393 e. The summed E-state index contributed by atoms with van der Waals surface area (Å²) in [5.74, 6) is 0. The summed E-state index contributed by atoms with van der Waals surface area (Å²) >= 11 is 0. The predicted octanol–water partition coefficient (Wildman–Crippen LogP) is -2.03. The Kier molecular flexibility index (Phi) is 3.63. The van der Waals surface area contributed by atoms with E-state index in [4.69, 9.17) is 0 Å². The third-order valence-corrected chi connectivity index (χ3v) is 2.45. The van der Waals surface area contributed by atoms with Crippen LogP contribution < -0.4 is 0 Å². The van der Waals surface area contributed by atoms with E-state index in [0.29, 0.717) is 6.42 Å². The molecule has 1 fully saturated rings. The number of hydrogen-bond donors (Lipinski definition) is 5. The van der Waals surface area contributed by atoms with Gasteiger partial charge in [0.2, 0.25) is 0 Å². The standard InChI is InChI=1S/C8H16O5/c9-4-1-2-5(10)7(12)8(13)6(11)3-4/h4-13H,1-3H2/t4-,5+,6+,7-,8-/m1/s1. The molecule has 13 heavy (non-hydrogen) atoms. The van der Waals surface area contributed by atoms with E-state index in [1.165, 1.54) is 0 Å². The molecule has 5 N–H and O–H groups in total. The van der Waals surface area contributed by atoms with Gasteiger partial charge in [-0.3, -0.25) is 0 Å². The van der Waals surface area contributed by atoms with Crippen LogP contribution in [0.4, 0.5) is 0 Å². The zero-order chi connectivity index (χ0) is 10.0. The summed E-state index contributed by atoms with van der Waals surface area (Å²) in [5.41, 5.74) is 0. The molecule has 0 unspecified atom stereocenters. The largest absolute Gasteiger partial charge is 0.393 e. The highest BCUT2D eigenvalue weighted by Gasteiger charge is 2.33. The summed E-state index contributed by atoms with van der Waals surface area (Å²) in [7, 11) is 0. The zero-order valence-corrected chi connectivity index (χ0v) is 7.24. The van der Waals surface area contributed by atoms with E-state index in [-0.39, 0.29) is 12.8 Å². The third-order valence-electron chi connectivity index (χ3n) is 2.45. The fraction of sp³-hybridized carbons (Fsp3) is 1.00. The van der Waals surface area contributed by atoms with Gasteiger partial charge in [0.25, 0.3) is 0 Å². The van der Waals surface area contributed by atoms with Gasteiger partial charge in [0.1, 0.15) is 12.2 Å². The van der Waals surface area contributed by atoms with Crippen LogP contribution in [0.3, 0.4) is 0 Å². The lowest BCUT2D eigenvalue weighted by Gasteiger charge is -2.30. The van der Waals surface area contributed by atoms with Crippen molar-refractivity contribution in [2.45, 2.75) is 49.8 Å². The topological polar surface area (TPSA) is 101 Å². The molecular formula is C8H16O5. The maximum absolute atomic E-state index is 9.27. The molecule has 5 nitrogen and oxygen atoms in total. The monoisotopic (exact) mass is 192 g/mol. The van der Waals surface area contributed by atoms with Gasteiger partial charge in [-0.2, -0.15) is 0 Å². The van der Waals surface area contributed by atoms with E-state index in [2.05, 4.69) is 0 Å². The van der Waals surface area contributed by atoms with Crippen molar-refractivity contribution in [1.82, 2.24) is 0 Å². The molecule has 0 amide bonds. The molecule has 0 saturated heterocycles. The van der Waals surface area contributed by atoms with E-state index >= 15 is 0 Å². The molecule has 78 valence electrons. The molecule has 0 aromatic carbocycles. The summed E-state index contributed by atoms with van der Waals surface area (Å²) in [6.45, 7) is 0. The van der Waals surface area contributed by atoms with Crippen LogP contribution in [0.1, 0.15) is 19.3 Å². The second kappa shape index (κ2) is 4.34. The Bertz CT molecular complexity index is 163. The molecule has 0 bridgehead atoms. The Labute approximate surface area is 76.3 Å². The SMILES string of the molecule is O[C@@H]1CC[C@H](O)[C@@H](O)[C@H](O)[C@@H](O)C1. The van der Waals surface area contributed by atoms with Gasteiger partial charge < -0.3 is 25.5 Å². The zero-order valence-electron chi connectivity index (χ0n) is 7.24. The van der Waals surface area contributed by atoms with Crippen molar-refractivity contribution in [2.75, 3.05) is 0 Å². The molecule has 1 aliphatic rings. The van der Waals surface area contributed by atoms with Crippen LogP contribution in [0.2, 0.25) is 0 Å². The quantitative estimate of drug-likeness (QED) is 0.305. The van der Waals surface area contributed by atoms with Crippen molar-refractivity contribution in [3.05, 3.63) is 0 Å². The normalized spacial score (nSPS) is 48.2. The average Bonchev–Trinajstić information content (AvgIpc) is 2.10. The van der Waals surface area contributed by atoms with Crippen LogP contribution in [-0.2, 0) is 0 Å². The lowest BCUT2D eigenvalue weighted by Crippen LogP contribution is -2.47. The molecule has 1 rings (SSSR count). The first-order valence-electron chi connectivity index (χ1n) is 4.42. The maximum Gasteiger partial charge on any atom is 0.108 e. The highest BCUT2D eigenvalue weighted by atomic mass is 16.4. The molecule has 1 saturated carbocycles. The molecule has 0 spiro atoms. The Hall–Kier alpha value is -0.200. The average molecular weight is 192 g/mol. The van der Waals surface area contributed by atoms with Crippen molar-refractivity contribution in [1.29, 1.82) is 0 Å². The molecule has 0 aromatic heterocycles. The number of aliphatic hydroxyl groups is 5. The summed E-state index contributed by atoms with van der Waals surface area (Å²) in [5, 5.41) is 46.3. The predicted molar refractivity (Wildman–Crippen MR) is 43.9 cm³/mol. The molecule has 0 aromatic rings. The Morgan fingerprint density at radius 1 is 0.692 bits per heavy atom. The lowest BCUT2D eigenvalue weighted by atomic mass is 9.90. The van der Waals surface area contributed by atoms with E-state index in [1.54, 1.807) is 0 Å². The van der Waals surface area contributed by atoms with Gasteiger partial charge in [0.15, 0.2) is 0 Å². The van der Waals surface area contributed by atoms with Crippen molar-refractivity contribution in [3.63, 3.8) is 0 Å². The van der Waals surface area contributed by atoms with Crippen molar-refractivity contribution >= 4 is 0 Å². The summed E-state index contributed by atoms with van der Waals surface area (Å²) < 4.78 is 0. The minimum atomic E-state index is -1.38. The van der Waals surface area contributed by atoms with Gasteiger partial charge in [0, 0.05) is 6.42 Å². The van der Waals surface area contributed by atoms with Gasteiger partial charge in [-0.1, -0.05) is 0 Å². The maximum atomic E-state index is 9.27. The third kappa shape index (κ3) is 2.62. The molecule has 1 aliphatic carbocycles. The molecule has 5 atom stereocenters. The van der Waals surface area contributed by atoms with Gasteiger partial charge in [0.05, 0.1) is 18.3 Å². The molecular weight excluding hydrogens is 176 g/mol. The van der Waals surface area contributed by atoms with Crippen molar-refractivity contribution in [2.24, 2.45) is 0 Å². The fourth-order valence-electron chi connectivity index (χ4n) is 1.53. The second-order valence-electron chi connectivity index (χ2n) is 3.58. The lowest BCUT2D eigenvalue weighted by molar-refractivity contribution is -0.126. The van der Waals surface area contributed by atoms with Crippen molar-refractivity contribution in [3.8, 4) is 0 Å². The van der Waals surface area contributed by atoms with E-state index < -0.39 is 30.5 Å². The summed E-state index contributed by atoms with van der Waals surface area (Å²) in [4.78, 5) is 0. The number of rotatable bonds is 0.